The quantitative estimate of drug-likeness (QED) is 0.474. The minimum absolute atomic E-state index is 0.304. The van der Waals surface area contributed by atoms with Crippen LogP contribution in [-0.2, 0) is 13.0 Å². The summed E-state index contributed by atoms with van der Waals surface area (Å²) in [4.78, 5) is 17.4. The summed E-state index contributed by atoms with van der Waals surface area (Å²) in [6.07, 6.45) is 5.73. The standard InChI is InChI=1S/C32H42N6O2/c1-20(2)26-8-4-6-21-14-25(39)15-29(30(21)26)37-13-11-27-28(18-37)34-32(40-19-24-7-5-12-36(24)3)35-31(27)38-16-22-9-10-23(17-38)33-22/h4,6,8,14-15,20,22-24,33,39H,5,7,9-13,16-19H2,1-3H3/t22?,23?,24-/m0/s1. The van der Waals surface area contributed by atoms with Gasteiger partial charge in [-0.3, -0.25) is 0 Å². The van der Waals surface area contributed by atoms with Gasteiger partial charge in [0.1, 0.15) is 18.2 Å². The number of anilines is 2. The molecule has 7 rings (SSSR count). The van der Waals surface area contributed by atoms with E-state index in [1.807, 2.05) is 12.1 Å². The molecule has 3 aromatic rings. The van der Waals surface area contributed by atoms with Gasteiger partial charge in [0.05, 0.1) is 12.2 Å². The maximum atomic E-state index is 10.7. The number of aromatic nitrogens is 2. The lowest BCUT2D eigenvalue weighted by atomic mass is 9.93. The van der Waals surface area contributed by atoms with Gasteiger partial charge in [0.2, 0.25) is 0 Å². The number of hydrogen-bond donors (Lipinski definition) is 2. The fourth-order valence-corrected chi connectivity index (χ4v) is 7.40. The van der Waals surface area contributed by atoms with Crippen LogP contribution in [0.3, 0.4) is 0 Å². The molecule has 40 heavy (non-hydrogen) atoms. The highest BCUT2D eigenvalue weighted by Crippen LogP contribution is 2.40. The van der Waals surface area contributed by atoms with Crippen molar-refractivity contribution >= 4 is 22.3 Å². The van der Waals surface area contributed by atoms with Gasteiger partial charge >= 0.3 is 6.01 Å². The Hall–Kier alpha value is -3.10. The number of ether oxygens (including phenoxy) is 1. The van der Waals surface area contributed by atoms with Gasteiger partial charge in [0, 0.05) is 60.5 Å². The highest BCUT2D eigenvalue weighted by atomic mass is 16.5. The van der Waals surface area contributed by atoms with E-state index in [-0.39, 0.29) is 0 Å². The van der Waals surface area contributed by atoms with Crippen molar-refractivity contribution < 1.29 is 9.84 Å². The second-order valence-corrected chi connectivity index (χ2v) is 12.6. The molecule has 2 bridgehead atoms. The van der Waals surface area contributed by atoms with Crippen LogP contribution in [0.2, 0.25) is 0 Å². The number of rotatable bonds is 6. The highest BCUT2D eigenvalue weighted by Gasteiger charge is 2.35. The first-order valence-electron chi connectivity index (χ1n) is 15.2. The number of nitrogens with zero attached hydrogens (tertiary/aromatic N) is 5. The van der Waals surface area contributed by atoms with Crippen molar-refractivity contribution in [2.75, 3.05) is 49.6 Å². The zero-order valence-electron chi connectivity index (χ0n) is 24.1. The van der Waals surface area contributed by atoms with Gasteiger partial charge < -0.3 is 29.9 Å². The fraction of sp³-hybridized carbons (Fsp3) is 0.562. The van der Waals surface area contributed by atoms with E-state index in [2.05, 4.69) is 59.1 Å². The number of piperazine rings is 1. The lowest BCUT2D eigenvalue weighted by Crippen LogP contribution is -2.52. The third-order valence-electron chi connectivity index (χ3n) is 9.55. The van der Waals surface area contributed by atoms with Gasteiger partial charge in [-0.05, 0) is 68.6 Å². The Morgan fingerprint density at radius 3 is 2.62 bits per heavy atom. The molecule has 3 atom stereocenters. The van der Waals surface area contributed by atoms with E-state index < -0.39 is 0 Å². The molecular formula is C32H42N6O2. The topological polar surface area (TPSA) is 77.0 Å². The van der Waals surface area contributed by atoms with Crippen LogP contribution in [0.15, 0.2) is 30.3 Å². The molecule has 3 saturated heterocycles. The van der Waals surface area contributed by atoms with Crippen molar-refractivity contribution in [2.45, 2.75) is 76.5 Å². The molecule has 0 radical (unpaired) electrons. The SMILES string of the molecule is CC(C)c1cccc2cc(O)cc(N3CCc4c(nc(OC[C@@H]5CCCN5C)nc4N4CC5CCC(C4)N5)C3)c12. The van der Waals surface area contributed by atoms with E-state index in [4.69, 9.17) is 14.7 Å². The Kier molecular flexibility index (Phi) is 6.71. The normalized spacial score (nSPS) is 24.8. The summed E-state index contributed by atoms with van der Waals surface area (Å²) in [5, 5.41) is 16.8. The zero-order valence-corrected chi connectivity index (χ0v) is 24.1. The van der Waals surface area contributed by atoms with Crippen molar-refractivity contribution in [3.8, 4) is 11.8 Å². The van der Waals surface area contributed by atoms with Crippen molar-refractivity contribution in [1.82, 2.24) is 20.2 Å². The first-order valence-corrected chi connectivity index (χ1v) is 15.2. The van der Waals surface area contributed by atoms with Gasteiger partial charge in [0.15, 0.2) is 0 Å². The van der Waals surface area contributed by atoms with Crippen LogP contribution in [0.4, 0.5) is 11.5 Å². The lowest BCUT2D eigenvalue weighted by Gasteiger charge is -2.38. The van der Waals surface area contributed by atoms with Crippen molar-refractivity contribution in [3.63, 3.8) is 0 Å². The van der Waals surface area contributed by atoms with Gasteiger partial charge in [-0.15, -0.1) is 0 Å². The van der Waals surface area contributed by atoms with Crippen LogP contribution in [-0.4, -0.2) is 77.9 Å². The molecule has 5 heterocycles. The number of phenolic OH excluding ortho intramolecular Hbond substituents is 1. The molecule has 4 aliphatic heterocycles. The summed E-state index contributed by atoms with van der Waals surface area (Å²) in [6.45, 7) is 9.74. The molecule has 3 fully saturated rings. The van der Waals surface area contributed by atoms with Crippen LogP contribution in [0.5, 0.6) is 11.8 Å². The highest BCUT2D eigenvalue weighted by molar-refractivity contribution is 5.98. The zero-order chi connectivity index (χ0) is 27.4. The molecule has 1 aromatic heterocycles. The summed E-state index contributed by atoms with van der Waals surface area (Å²) in [5.41, 5.74) is 4.70. The average molecular weight is 543 g/mol. The number of phenols is 1. The number of nitrogens with one attached hydrogen (secondary N) is 1. The van der Waals surface area contributed by atoms with Crippen LogP contribution in [0, 0.1) is 0 Å². The summed E-state index contributed by atoms with van der Waals surface area (Å²) >= 11 is 0. The van der Waals surface area contributed by atoms with E-state index in [1.54, 1.807) is 0 Å². The molecular weight excluding hydrogens is 500 g/mol. The Labute approximate surface area is 237 Å². The van der Waals surface area contributed by atoms with E-state index in [9.17, 15) is 5.11 Å². The van der Waals surface area contributed by atoms with Crippen LogP contribution < -0.4 is 19.9 Å². The van der Waals surface area contributed by atoms with Crippen molar-refractivity contribution in [1.29, 1.82) is 0 Å². The molecule has 212 valence electrons. The first kappa shape index (κ1) is 25.8. The maximum Gasteiger partial charge on any atom is 0.318 e. The van der Waals surface area contributed by atoms with Crippen molar-refractivity contribution in [3.05, 3.63) is 47.2 Å². The van der Waals surface area contributed by atoms with Gasteiger partial charge in [-0.25, -0.2) is 0 Å². The number of likely N-dealkylation sites (N-methyl/N-ethyl adjacent to an activating group) is 1. The van der Waals surface area contributed by atoms with Crippen molar-refractivity contribution in [2.24, 2.45) is 0 Å². The smallest absolute Gasteiger partial charge is 0.318 e. The number of aromatic hydroxyl groups is 1. The van der Waals surface area contributed by atoms with E-state index in [0.29, 0.717) is 49.0 Å². The third-order valence-corrected chi connectivity index (χ3v) is 9.55. The maximum absolute atomic E-state index is 10.7. The molecule has 2 aromatic carbocycles. The number of benzene rings is 2. The Balaban J connectivity index is 1.25. The second kappa shape index (κ2) is 10.4. The fourth-order valence-electron chi connectivity index (χ4n) is 7.40. The van der Waals surface area contributed by atoms with Gasteiger partial charge in [-0.1, -0.05) is 32.0 Å². The largest absolute Gasteiger partial charge is 0.508 e. The predicted molar refractivity (Wildman–Crippen MR) is 160 cm³/mol. The molecule has 0 spiro atoms. The Morgan fingerprint density at radius 1 is 1.05 bits per heavy atom. The number of likely N-dealkylation sites (tertiary alicyclic amines) is 1. The molecule has 0 saturated carbocycles. The molecule has 2 unspecified atom stereocenters. The number of hydrogen-bond acceptors (Lipinski definition) is 8. The van der Waals surface area contributed by atoms with Crippen LogP contribution >= 0.6 is 0 Å². The summed E-state index contributed by atoms with van der Waals surface area (Å²) in [7, 11) is 2.18. The summed E-state index contributed by atoms with van der Waals surface area (Å²) in [5.74, 6) is 1.76. The molecule has 0 aliphatic carbocycles. The third kappa shape index (κ3) is 4.75. The summed E-state index contributed by atoms with van der Waals surface area (Å²) < 4.78 is 6.34. The molecule has 4 aliphatic rings. The molecule has 2 N–H and O–H groups in total. The van der Waals surface area contributed by atoms with E-state index in [0.717, 1.165) is 61.6 Å². The van der Waals surface area contributed by atoms with Crippen LogP contribution in [0.25, 0.3) is 10.8 Å². The van der Waals surface area contributed by atoms with E-state index in [1.165, 1.54) is 35.8 Å². The predicted octanol–water partition coefficient (Wildman–Crippen LogP) is 4.44. The summed E-state index contributed by atoms with van der Waals surface area (Å²) in [6, 6.07) is 12.2. The average Bonchev–Trinajstić information content (AvgIpc) is 3.52. The molecule has 8 heteroatoms. The first-order chi connectivity index (χ1) is 19.4. The Bertz CT molecular complexity index is 1400. The lowest BCUT2D eigenvalue weighted by molar-refractivity contribution is 0.187. The molecule has 0 amide bonds. The minimum atomic E-state index is 0.304. The van der Waals surface area contributed by atoms with Crippen LogP contribution in [0.1, 0.15) is 62.3 Å². The van der Waals surface area contributed by atoms with Gasteiger partial charge in [0.25, 0.3) is 0 Å². The number of fused-ring (bicyclic) bond motifs is 4. The Morgan fingerprint density at radius 2 is 1.88 bits per heavy atom. The van der Waals surface area contributed by atoms with E-state index >= 15 is 0 Å². The monoisotopic (exact) mass is 542 g/mol. The molecule has 8 nitrogen and oxygen atoms in total. The minimum Gasteiger partial charge on any atom is -0.508 e. The second-order valence-electron chi connectivity index (χ2n) is 12.6. The van der Waals surface area contributed by atoms with Gasteiger partial charge in [-0.2, -0.15) is 9.97 Å².